The average Bonchev–Trinajstić information content (AvgIpc) is 2.04. The molecule has 0 aliphatic heterocycles. The summed E-state index contributed by atoms with van der Waals surface area (Å²) in [5.41, 5.74) is 0.654. The van der Waals surface area contributed by atoms with E-state index >= 15 is 0 Å². The van der Waals surface area contributed by atoms with Crippen LogP contribution in [0.1, 0.15) is 27.9 Å². The maximum absolute atomic E-state index is 10.8. The third kappa shape index (κ3) is 2.10. The van der Waals surface area contributed by atoms with Gasteiger partial charge in [-0.2, -0.15) is 0 Å². The first-order chi connectivity index (χ1) is 5.61. The molecule has 1 rings (SSSR count). The van der Waals surface area contributed by atoms with Gasteiger partial charge in [0.05, 0.1) is 0 Å². The number of Topliss-reactive ketones (excluding diaryl/α,β-unsaturated/α-hetero) is 1. The molecule has 1 heterocycles. The fourth-order valence-corrected chi connectivity index (χ4v) is 1.04. The molecule has 0 spiro atoms. The Morgan fingerprint density at radius 3 is 2.42 bits per heavy atom. The normalized spacial score (nSPS) is 9.50. The Morgan fingerprint density at radius 2 is 1.92 bits per heavy atom. The summed E-state index contributed by atoms with van der Waals surface area (Å²) in [6.45, 7) is 1.42. The second-order valence-electron chi connectivity index (χ2n) is 2.24. The van der Waals surface area contributed by atoms with Gasteiger partial charge in [0.25, 0.3) is 0 Å². The lowest BCUT2D eigenvalue weighted by Crippen LogP contribution is -2.01. The lowest BCUT2D eigenvalue weighted by molar-refractivity contribution is 0.101. The van der Waals surface area contributed by atoms with Crippen LogP contribution in [0, 0.1) is 0 Å². The molecule has 0 N–H and O–H groups in total. The molecule has 1 aromatic rings. The summed E-state index contributed by atoms with van der Waals surface area (Å²) in [7, 11) is 0. The molecule has 0 aliphatic rings. The highest BCUT2D eigenvalue weighted by Gasteiger charge is 2.05. The number of rotatable bonds is 2. The van der Waals surface area contributed by atoms with Crippen molar-refractivity contribution in [3.63, 3.8) is 0 Å². The summed E-state index contributed by atoms with van der Waals surface area (Å²) in [6.07, 6.45) is 0. The summed E-state index contributed by atoms with van der Waals surface area (Å²) in [5, 5.41) is 0. The number of hydrogen-bond acceptors (Lipinski definition) is 3. The SMILES string of the molecule is CC(=O)c1cccc(C(=O)I)n1. The van der Waals surface area contributed by atoms with Crippen LogP contribution in [-0.2, 0) is 0 Å². The Bertz CT molecular complexity index is 306. The van der Waals surface area contributed by atoms with Crippen LogP contribution in [0.15, 0.2) is 18.2 Å². The Hall–Kier alpha value is -0.780. The molecule has 3 nitrogen and oxygen atoms in total. The third-order valence-electron chi connectivity index (χ3n) is 1.31. The molecule has 1 aromatic heterocycles. The van der Waals surface area contributed by atoms with E-state index < -0.39 is 0 Å². The second-order valence-corrected chi connectivity index (χ2v) is 3.22. The van der Waals surface area contributed by atoms with Gasteiger partial charge in [0.15, 0.2) is 5.78 Å². The van der Waals surface area contributed by atoms with Crippen LogP contribution < -0.4 is 0 Å². The average molecular weight is 275 g/mol. The van der Waals surface area contributed by atoms with Crippen LogP contribution in [0.25, 0.3) is 0 Å². The molecule has 0 amide bonds. The molecule has 0 saturated heterocycles. The predicted octanol–water partition coefficient (Wildman–Crippen LogP) is 1.86. The maximum Gasteiger partial charge on any atom is 0.240 e. The zero-order chi connectivity index (χ0) is 9.14. The highest BCUT2D eigenvalue weighted by molar-refractivity contribution is 14.1. The quantitative estimate of drug-likeness (QED) is 0.470. The number of carbonyl (C=O) groups is 2. The van der Waals surface area contributed by atoms with Crippen molar-refractivity contribution in [2.45, 2.75) is 6.92 Å². The summed E-state index contributed by atoms with van der Waals surface area (Å²) >= 11 is 1.64. The summed E-state index contributed by atoms with van der Waals surface area (Å²) in [5.74, 6) is -0.130. The van der Waals surface area contributed by atoms with Crippen molar-refractivity contribution in [3.05, 3.63) is 29.6 Å². The van der Waals surface area contributed by atoms with Crippen LogP contribution >= 0.6 is 22.6 Å². The molecule has 0 aromatic carbocycles. The van der Waals surface area contributed by atoms with Crippen LogP contribution in [0.2, 0.25) is 0 Å². The van der Waals surface area contributed by atoms with Gasteiger partial charge in [-0.05, 0) is 12.1 Å². The van der Waals surface area contributed by atoms with E-state index in [1.165, 1.54) is 6.92 Å². The third-order valence-corrected chi connectivity index (χ3v) is 1.86. The van der Waals surface area contributed by atoms with Gasteiger partial charge in [-0.1, -0.05) is 6.07 Å². The highest BCUT2D eigenvalue weighted by Crippen LogP contribution is 2.04. The molecule has 0 fully saturated rings. The minimum absolute atomic E-state index is 0.130. The van der Waals surface area contributed by atoms with E-state index in [9.17, 15) is 9.59 Å². The first-order valence-corrected chi connectivity index (χ1v) is 4.37. The van der Waals surface area contributed by atoms with Crippen LogP contribution in [0.5, 0.6) is 0 Å². The van der Waals surface area contributed by atoms with Crippen molar-refractivity contribution >= 4 is 32.2 Å². The number of aromatic nitrogens is 1. The number of ketones is 1. The van der Waals surface area contributed by atoms with Crippen molar-refractivity contribution in [1.29, 1.82) is 0 Å². The lowest BCUT2D eigenvalue weighted by atomic mass is 10.2. The summed E-state index contributed by atoms with van der Waals surface area (Å²) < 4.78 is -0.157. The molecule has 0 bridgehead atoms. The standard InChI is InChI=1S/C8H6INO2/c1-5(11)6-3-2-4-7(10-6)8(9)12/h2-4H,1H3. The predicted molar refractivity (Wildman–Crippen MR) is 52.6 cm³/mol. The van der Waals surface area contributed by atoms with E-state index in [0.29, 0.717) is 11.4 Å². The van der Waals surface area contributed by atoms with Crippen molar-refractivity contribution in [1.82, 2.24) is 4.98 Å². The lowest BCUT2D eigenvalue weighted by Gasteiger charge is -1.95. The fourth-order valence-electron chi connectivity index (χ4n) is 0.740. The summed E-state index contributed by atoms with van der Waals surface area (Å²) in [6, 6.07) is 4.82. The smallest absolute Gasteiger partial charge is 0.240 e. The van der Waals surface area contributed by atoms with E-state index in [2.05, 4.69) is 4.98 Å². The molecule has 0 radical (unpaired) electrons. The summed E-state index contributed by atoms with van der Waals surface area (Å²) in [4.78, 5) is 25.5. The Balaban J connectivity index is 3.12. The van der Waals surface area contributed by atoms with E-state index in [-0.39, 0.29) is 9.57 Å². The van der Waals surface area contributed by atoms with Gasteiger partial charge in [0.1, 0.15) is 11.4 Å². The van der Waals surface area contributed by atoms with E-state index in [4.69, 9.17) is 0 Å². The molecule has 0 atom stereocenters. The fraction of sp³-hybridized carbons (Fsp3) is 0.125. The number of nitrogens with zero attached hydrogens (tertiary/aromatic N) is 1. The first-order valence-electron chi connectivity index (χ1n) is 3.29. The van der Waals surface area contributed by atoms with Gasteiger partial charge in [0.2, 0.25) is 3.79 Å². The van der Waals surface area contributed by atoms with E-state index in [1.807, 2.05) is 0 Å². The van der Waals surface area contributed by atoms with Crippen molar-refractivity contribution in [2.24, 2.45) is 0 Å². The van der Waals surface area contributed by atoms with Gasteiger partial charge >= 0.3 is 0 Å². The highest BCUT2D eigenvalue weighted by atomic mass is 127. The van der Waals surface area contributed by atoms with Gasteiger partial charge in [0, 0.05) is 29.5 Å². The van der Waals surface area contributed by atoms with Crippen molar-refractivity contribution in [3.8, 4) is 0 Å². The molecule has 0 saturated carbocycles. The van der Waals surface area contributed by atoms with E-state index in [1.54, 1.807) is 40.8 Å². The first kappa shape index (κ1) is 9.31. The number of hydrogen-bond donors (Lipinski definition) is 0. The largest absolute Gasteiger partial charge is 0.293 e. The minimum atomic E-state index is -0.157. The van der Waals surface area contributed by atoms with Gasteiger partial charge in [-0.3, -0.25) is 9.59 Å². The zero-order valence-electron chi connectivity index (χ0n) is 6.37. The monoisotopic (exact) mass is 275 g/mol. The molecule has 0 unspecified atom stereocenters. The Kier molecular flexibility index (Phi) is 2.91. The maximum atomic E-state index is 10.8. The van der Waals surface area contributed by atoms with Gasteiger partial charge < -0.3 is 0 Å². The molecular weight excluding hydrogens is 269 g/mol. The van der Waals surface area contributed by atoms with Crippen LogP contribution in [0.4, 0.5) is 0 Å². The Morgan fingerprint density at radius 1 is 1.33 bits per heavy atom. The minimum Gasteiger partial charge on any atom is -0.293 e. The number of halogens is 1. The van der Waals surface area contributed by atoms with Gasteiger partial charge in [-0.15, -0.1) is 0 Å². The van der Waals surface area contributed by atoms with Gasteiger partial charge in [-0.25, -0.2) is 4.98 Å². The molecular formula is C8H6INO2. The van der Waals surface area contributed by atoms with Crippen molar-refractivity contribution in [2.75, 3.05) is 0 Å². The Labute approximate surface area is 83.3 Å². The molecule has 62 valence electrons. The van der Waals surface area contributed by atoms with Crippen LogP contribution in [-0.4, -0.2) is 14.6 Å². The van der Waals surface area contributed by atoms with Crippen molar-refractivity contribution < 1.29 is 9.59 Å². The topological polar surface area (TPSA) is 47.0 Å². The molecule has 4 heteroatoms. The number of carbonyl (C=O) groups excluding carboxylic acids is 2. The number of pyridine rings is 1. The van der Waals surface area contributed by atoms with E-state index in [0.717, 1.165) is 0 Å². The molecule has 12 heavy (non-hydrogen) atoms. The van der Waals surface area contributed by atoms with Crippen LogP contribution in [0.3, 0.4) is 0 Å². The zero-order valence-corrected chi connectivity index (χ0v) is 8.53. The second kappa shape index (κ2) is 3.75. The molecule has 0 aliphatic carbocycles.